The largest absolute Gasteiger partial charge is 0.382 e. The molecule has 0 bridgehead atoms. The van der Waals surface area contributed by atoms with Crippen LogP contribution in [0.25, 0.3) is 44.1 Å². The molecule has 6 heterocycles. The van der Waals surface area contributed by atoms with E-state index < -0.39 is 0 Å². The minimum Gasteiger partial charge on any atom is -0.382 e. The highest BCUT2D eigenvalue weighted by atomic mass is 79.9. The second-order valence-electron chi connectivity index (χ2n) is 14.7. The van der Waals surface area contributed by atoms with Gasteiger partial charge >= 0.3 is 0 Å². The molecular weight excluding hydrogens is 843 g/mol. The van der Waals surface area contributed by atoms with Gasteiger partial charge in [-0.1, -0.05) is 96.2 Å². The number of fused-ring (bicyclic) bond motifs is 4. The molecular formula is C48H46BrN11O2. The number of imidazole rings is 1. The predicted molar refractivity (Wildman–Crippen MR) is 255 cm³/mol. The number of benzene rings is 4. The molecule has 62 heavy (non-hydrogen) atoms. The summed E-state index contributed by atoms with van der Waals surface area (Å²) >= 11 is 3.51. The molecule has 0 radical (unpaired) electrons. The third kappa shape index (κ3) is 8.11. The van der Waals surface area contributed by atoms with Crippen LogP contribution >= 0.6 is 15.9 Å². The molecule has 1 aliphatic heterocycles. The Morgan fingerprint density at radius 2 is 1.16 bits per heavy atom. The molecule has 0 amide bonds. The van der Waals surface area contributed by atoms with E-state index in [1.165, 1.54) is 12.7 Å². The Morgan fingerprint density at radius 3 is 1.74 bits per heavy atom. The Labute approximate surface area is 366 Å². The summed E-state index contributed by atoms with van der Waals surface area (Å²) in [6.07, 6.45) is 7.14. The average Bonchev–Trinajstić information content (AvgIpc) is 3.91. The quantitative estimate of drug-likeness (QED) is 0.160. The number of nitrogen functional groups attached to an aromatic ring is 2. The molecule has 1 aliphatic rings. The van der Waals surface area contributed by atoms with Crippen LogP contribution in [0.3, 0.4) is 0 Å². The van der Waals surface area contributed by atoms with Crippen LogP contribution < -0.4 is 22.6 Å². The Bertz CT molecular complexity index is 3280. The maximum atomic E-state index is 13.7. The first-order valence-electron chi connectivity index (χ1n) is 19.5. The predicted octanol–water partition coefficient (Wildman–Crippen LogP) is 8.83. The first kappa shape index (κ1) is 42.8. The summed E-state index contributed by atoms with van der Waals surface area (Å²) in [5.74, 6) is 0.808. The van der Waals surface area contributed by atoms with Crippen molar-refractivity contribution in [3.05, 3.63) is 176 Å². The van der Waals surface area contributed by atoms with Crippen molar-refractivity contribution in [2.75, 3.05) is 11.5 Å². The van der Waals surface area contributed by atoms with E-state index in [-0.39, 0.29) is 18.5 Å². The van der Waals surface area contributed by atoms with Crippen molar-refractivity contribution < 1.29 is 0 Å². The molecule has 0 aliphatic carbocycles. The van der Waals surface area contributed by atoms with Crippen LogP contribution in [0.5, 0.6) is 0 Å². The normalized spacial score (nSPS) is 11.4. The maximum Gasteiger partial charge on any atom is 0.263 e. The third-order valence-electron chi connectivity index (χ3n) is 10.7. The van der Waals surface area contributed by atoms with E-state index in [0.717, 1.165) is 84.4 Å². The van der Waals surface area contributed by atoms with Crippen molar-refractivity contribution in [3.8, 4) is 11.4 Å². The van der Waals surface area contributed by atoms with Gasteiger partial charge in [0.2, 0.25) is 0 Å². The zero-order valence-corrected chi connectivity index (χ0v) is 35.6. The number of rotatable bonds is 5. The van der Waals surface area contributed by atoms with Crippen LogP contribution in [0, 0.1) is 27.7 Å². The van der Waals surface area contributed by atoms with Gasteiger partial charge < -0.3 is 16.0 Å². The van der Waals surface area contributed by atoms with Gasteiger partial charge in [0, 0.05) is 29.4 Å². The van der Waals surface area contributed by atoms with Crippen molar-refractivity contribution >= 4 is 72.2 Å². The fourth-order valence-electron chi connectivity index (χ4n) is 7.68. The highest BCUT2D eigenvalue weighted by Gasteiger charge is 2.17. The minimum atomic E-state index is -0.0338. The van der Waals surface area contributed by atoms with E-state index in [4.69, 9.17) is 11.5 Å². The number of pyridine rings is 2. The smallest absolute Gasteiger partial charge is 0.263 e. The van der Waals surface area contributed by atoms with E-state index in [1.54, 1.807) is 17.1 Å². The summed E-state index contributed by atoms with van der Waals surface area (Å²) in [4.78, 5) is 51.2. The molecule has 9 aromatic rings. The van der Waals surface area contributed by atoms with Gasteiger partial charge in [-0.15, -0.1) is 0 Å². The Kier molecular flexibility index (Phi) is 12.5. The summed E-state index contributed by atoms with van der Waals surface area (Å²) in [5.41, 5.74) is 22.0. The number of anilines is 2. The maximum absolute atomic E-state index is 13.7. The van der Waals surface area contributed by atoms with Crippen LogP contribution in [-0.4, -0.2) is 44.8 Å². The molecule has 0 saturated heterocycles. The summed E-state index contributed by atoms with van der Waals surface area (Å²) in [6.45, 7) is 8.41. The third-order valence-corrected chi connectivity index (χ3v) is 11.3. The number of aliphatic imine (C=N–C) groups is 1. The van der Waals surface area contributed by atoms with E-state index in [0.29, 0.717) is 34.7 Å². The molecule has 13 nitrogen and oxygen atoms in total. The summed E-state index contributed by atoms with van der Waals surface area (Å²) < 4.78 is 5.50. The molecule has 10 rings (SSSR count). The highest BCUT2D eigenvalue weighted by molar-refractivity contribution is 9.08. The first-order chi connectivity index (χ1) is 29.5. The second-order valence-corrected chi connectivity index (χ2v) is 15.3. The number of alkyl halides is 1. The molecule has 5 aromatic heterocycles. The number of para-hydroxylation sites is 2. The monoisotopic (exact) mass is 887 g/mol. The van der Waals surface area contributed by atoms with Gasteiger partial charge in [0.15, 0.2) is 17.3 Å². The Morgan fingerprint density at radius 1 is 0.629 bits per heavy atom. The topological polar surface area (TPSA) is 178 Å². The van der Waals surface area contributed by atoms with Crippen molar-refractivity contribution in [1.29, 1.82) is 0 Å². The molecule has 0 fully saturated rings. The fourth-order valence-corrected chi connectivity index (χ4v) is 8.10. The van der Waals surface area contributed by atoms with Crippen molar-refractivity contribution in [2.24, 2.45) is 4.99 Å². The van der Waals surface area contributed by atoms with Gasteiger partial charge in [0.25, 0.3) is 11.1 Å². The van der Waals surface area contributed by atoms with Gasteiger partial charge in [-0.3, -0.25) is 23.7 Å². The summed E-state index contributed by atoms with van der Waals surface area (Å²) in [6, 6.07) is 31.9. The molecule has 14 heteroatoms. The molecule has 0 atom stereocenters. The number of hydrogen-bond donors (Lipinski definition) is 2. The Hall–Kier alpha value is -7.32. The van der Waals surface area contributed by atoms with E-state index in [2.05, 4.69) is 58.0 Å². The van der Waals surface area contributed by atoms with Gasteiger partial charge in [-0.2, -0.15) is 0 Å². The van der Waals surface area contributed by atoms with Crippen LogP contribution in [0.15, 0.2) is 131 Å². The number of aromatic nitrogens is 8. The Balaban J connectivity index is 0.000000156. The SMILES string of the molecule is C.Cc1ccccc1-n1c(CBr)cc2cccc(C)c2c1=O.Cc1ccccc1-n1c(Cn2cnc3c(N)ncnc32)cc2cccc(C)c2c1=O.Nc1ncnc2c1N=CC2. The number of hydrogen-bond acceptors (Lipinski definition) is 10. The highest BCUT2D eigenvalue weighted by Crippen LogP contribution is 2.27. The molecule has 4 N–H and O–H groups in total. The van der Waals surface area contributed by atoms with E-state index in [1.807, 2.05) is 122 Å². The van der Waals surface area contributed by atoms with Crippen molar-refractivity contribution in [1.82, 2.24) is 38.6 Å². The van der Waals surface area contributed by atoms with Crippen molar-refractivity contribution in [2.45, 2.75) is 53.4 Å². The lowest BCUT2D eigenvalue weighted by molar-refractivity contribution is 0.749. The first-order valence-corrected chi connectivity index (χ1v) is 20.7. The lowest BCUT2D eigenvalue weighted by atomic mass is 10.1. The van der Waals surface area contributed by atoms with Gasteiger partial charge in [-0.25, -0.2) is 24.9 Å². The summed E-state index contributed by atoms with van der Waals surface area (Å²) in [7, 11) is 0. The lowest BCUT2D eigenvalue weighted by Gasteiger charge is -2.18. The number of aryl methyl sites for hydroxylation is 4. The molecule has 0 spiro atoms. The second kappa shape index (κ2) is 18.1. The van der Waals surface area contributed by atoms with Crippen LogP contribution in [0.4, 0.5) is 17.3 Å². The number of nitrogens with two attached hydrogens (primary N) is 2. The number of nitrogens with zero attached hydrogens (tertiary/aromatic N) is 9. The van der Waals surface area contributed by atoms with Gasteiger partial charge in [-0.05, 0) is 85.0 Å². The van der Waals surface area contributed by atoms with Crippen LogP contribution in [0.1, 0.15) is 46.8 Å². The zero-order valence-electron chi connectivity index (χ0n) is 34.0. The van der Waals surface area contributed by atoms with Crippen LogP contribution in [0.2, 0.25) is 0 Å². The van der Waals surface area contributed by atoms with Crippen molar-refractivity contribution in [3.63, 3.8) is 0 Å². The number of halogens is 1. The molecule has 0 saturated carbocycles. The van der Waals surface area contributed by atoms with Gasteiger partial charge in [0.05, 0.1) is 40.7 Å². The average molecular weight is 889 g/mol. The molecule has 4 aromatic carbocycles. The lowest BCUT2D eigenvalue weighted by Crippen LogP contribution is -2.24. The van der Waals surface area contributed by atoms with Gasteiger partial charge in [0.1, 0.15) is 23.9 Å². The molecule has 0 unspecified atom stereocenters. The zero-order chi connectivity index (χ0) is 42.8. The van der Waals surface area contributed by atoms with E-state index >= 15 is 0 Å². The minimum absolute atomic E-state index is 0. The summed E-state index contributed by atoms with van der Waals surface area (Å²) in [5, 5.41) is 4.08. The molecule has 312 valence electrons. The van der Waals surface area contributed by atoms with E-state index in [9.17, 15) is 9.59 Å². The fraction of sp³-hybridized carbons (Fsp3) is 0.167. The standard InChI is InChI=1S/C23H20N6O.C18H16BrNO.C6H6N4.CH4/c1-14-6-3-4-9-18(14)29-17(10-16-8-5-7-15(2)19(16)23(29)30)11-28-13-27-20-21(24)25-12-26-22(20)28;1-12-6-3-4-9-16(12)20-15(11-19)10-14-8-5-7-13(2)17(14)18(20)21;7-6-5-4(1-2-8-5)9-3-10-6;/h3-10,12-13H,11H2,1-2H3,(H2,24,25,26);3-10H,11H2,1-2H3;2-3H,1H2,(H2,7,9,10);1H4. The van der Waals surface area contributed by atoms with Crippen LogP contribution in [-0.2, 0) is 18.3 Å².